The molecule has 0 atom stereocenters. The first-order valence-electron chi connectivity index (χ1n) is 10.4. The van der Waals surface area contributed by atoms with E-state index in [-0.39, 0.29) is 11.7 Å². The molecule has 1 aliphatic heterocycles. The van der Waals surface area contributed by atoms with Crippen molar-refractivity contribution in [3.63, 3.8) is 0 Å². The van der Waals surface area contributed by atoms with Crippen LogP contribution in [0.2, 0.25) is 0 Å². The Balaban J connectivity index is 1.25. The fraction of sp³-hybridized carbons (Fsp3) is 0.391. The van der Waals surface area contributed by atoms with Crippen LogP contribution in [0.3, 0.4) is 0 Å². The highest BCUT2D eigenvalue weighted by Crippen LogP contribution is 2.25. The second kappa shape index (κ2) is 9.10. The zero-order valence-corrected chi connectivity index (χ0v) is 18.0. The van der Waals surface area contributed by atoms with Gasteiger partial charge in [0.05, 0.1) is 10.2 Å². The molecule has 1 fully saturated rings. The molecule has 158 valence electrons. The summed E-state index contributed by atoms with van der Waals surface area (Å²) >= 11 is 1.43. The van der Waals surface area contributed by atoms with Gasteiger partial charge in [-0.05, 0) is 74.2 Å². The Hall–Kier alpha value is -2.51. The number of nitrogens with zero attached hydrogens (tertiary/aromatic N) is 3. The lowest BCUT2D eigenvalue weighted by atomic mass is 9.95. The molecule has 30 heavy (non-hydrogen) atoms. The summed E-state index contributed by atoms with van der Waals surface area (Å²) in [6, 6.07) is 12.4. The number of likely N-dealkylation sites (tertiary alicyclic amines) is 1. The number of nitrogen functional groups attached to an aromatic ring is 1. The molecule has 0 spiro atoms. The van der Waals surface area contributed by atoms with Gasteiger partial charge in [0.15, 0.2) is 5.13 Å². The van der Waals surface area contributed by atoms with Crippen LogP contribution in [0, 0.1) is 11.7 Å². The molecule has 1 saturated heterocycles. The Labute approximate surface area is 180 Å². The van der Waals surface area contributed by atoms with Crippen molar-refractivity contribution in [2.45, 2.75) is 19.3 Å². The molecule has 3 aromatic rings. The molecule has 0 bridgehead atoms. The van der Waals surface area contributed by atoms with E-state index in [9.17, 15) is 9.18 Å². The molecule has 1 aliphatic rings. The highest BCUT2D eigenvalue weighted by Gasteiger charge is 2.22. The minimum Gasteiger partial charge on any atom is -0.375 e. The third-order valence-electron chi connectivity index (χ3n) is 5.87. The Morgan fingerprint density at radius 2 is 1.97 bits per heavy atom. The molecule has 1 aromatic heterocycles. The van der Waals surface area contributed by atoms with Gasteiger partial charge in [0.25, 0.3) is 5.91 Å². The lowest BCUT2D eigenvalue weighted by Gasteiger charge is -2.34. The number of nitrogens with two attached hydrogens (primary N) is 1. The zero-order chi connectivity index (χ0) is 21.1. The van der Waals surface area contributed by atoms with Crippen molar-refractivity contribution in [1.82, 2.24) is 14.8 Å². The summed E-state index contributed by atoms with van der Waals surface area (Å²) in [5.41, 5.74) is 8.38. The van der Waals surface area contributed by atoms with E-state index in [1.807, 2.05) is 42.3 Å². The summed E-state index contributed by atoms with van der Waals surface area (Å²) in [4.78, 5) is 21.4. The number of anilines is 1. The predicted octanol–water partition coefficient (Wildman–Crippen LogP) is 4.04. The van der Waals surface area contributed by atoms with Crippen molar-refractivity contribution < 1.29 is 9.18 Å². The minimum absolute atomic E-state index is 0.0298. The molecule has 0 radical (unpaired) electrons. The van der Waals surface area contributed by atoms with Crippen LogP contribution in [0.1, 0.15) is 28.8 Å². The molecule has 4 rings (SSSR count). The predicted molar refractivity (Wildman–Crippen MR) is 120 cm³/mol. The molecular formula is C23H27FN4OS. The van der Waals surface area contributed by atoms with Crippen LogP contribution in [-0.2, 0) is 6.42 Å². The normalized spacial score (nSPS) is 15.5. The quantitative estimate of drug-likeness (QED) is 0.646. The van der Waals surface area contributed by atoms with Crippen molar-refractivity contribution in [1.29, 1.82) is 0 Å². The molecule has 0 aliphatic carbocycles. The van der Waals surface area contributed by atoms with Crippen molar-refractivity contribution in [2.75, 3.05) is 39.0 Å². The maximum atomic E-state index is 13.0. The molecule has 1 amide bonds. The topological polar surface area (TPSA) is 62.5 Å². The van der Waals surface area contributed by atoms with Crippen molar-refractivity contribution in [3.8, 4) is 0 Å². The fourth-order valence-corrected chi connectivity index (χ4v) is 4.81. The molecule has 2 N–H and O–H groups in total. The third kappa shape index (κ3) is 4.96. The second-order valence-electron chi connectivity index (χ2n) is 8.08. The number of fused-ring (bicyclic) bond motifs is 1. The average Bonchev–Trinajstić information content (AvgIpc) is 3.13. The van der Waals surface area contributed by atoms with Crippen LogP contribution >= 0.6 is 11.3 Å². The van der Waals surface area contributed by atoms with Gasteiger partial charge in [-0.1, -0.05) is 23.5 Å². The van der Waals surface area contributed by atoms with Gasteiger partial charge < -0.3 is 15.5 Å². The molecule has 7 heteroatoms. The Morgan fingerprint density at radius 3 is 2.70 bits per heavy atom. The van der Waals surface area contributed by atoms with Crippen LogP contribution in [0.15, 0.2) is 42.5 Å². The van der Waals surface area contributed by atoms with Gasteiger partial charge in [0, 0.05) is 25.7 Å². The number of rotatable bonds is 6. The number of halogens is 1. The Morgan fingerprint density at radius 1 is 1.23 bits per heavy atom. The minimum atomic E-state index is -0.186. The summed E-state index contributed by atoms with van der Waals surface area (Å²) < 4.78 is 14.0. The van der Waals surface area contributed by atoms with Gasteiger partial charge in [0.1, 0.15) is 5.82 Å². The number of amides is 1. The van der Waals surface area contributed by atoms with Gasteiger partial charge in [-0.2, -0.15) is 0 Å². The van der Waals surface area contributed by atoms with Crippen LogP contribution in [-0.4, -0.2) is 53.9 Å². The SMILES string of the molecule is CN(CC1CCN(CCc2ccc(F)cc2)CC1)C(=O)c1ccc2sc(N)nc2c1. The first kappa shape index (κ1) is 20.8. The summed E-state index contributed by atoms with van der Waals surface area (Å²) in [6.07, 6.45) is 3.11. The van der Waals surface area contributed by atoms with Gasteiger partial charge in [0.2, 0.25) is 0 Å². The van der Waals surface area contributed by atoms with E-state index in [0.717, 1.165) is 55.7 Å². The zero-order valence-electron chi connectivity index (χ0n) is 17.2. The van der Waals surface area contributed by atoms with E-state index in [1.165, 1.54) is 29.0 Å². The van der Waals surface area contributed by atoms with Crippen molar-refractivity contribution in [2.24, 2.45) is 5.92 Å². The molecule has 2 heterocycles. The average molecular weight is 427 g/mol. The second-order valence-corrected chi connectivity index (χ2v) is 9.14. The lowest BCUT2D eigenvalue weighted by Crippen LogP contribution is -2.40. The number of hydrogen-bond acceptors (Lipinski definition) is 5. The number of piperidine rings is 1. The third-order valence-corrected chi connectivity index (χ3v) is 6.73. The van der Waals surface area contributed by atoms with Crippen LogP contribution in [0.5, 0.6) is 0 Å². The van der Waals surface area contributed by atoms with E-state index in [1.54, 1.807) is 0 Å². The van der Waals surface area contributed by atoms with Crippen LogP contribution in [0.25, 0.3) is 10.2 Å². The van der Waals surface area contributed by atoms with Gasteiger partial charge in [-0.15, -0.1) is 0 Å². The molecule has 0 saturated carbocycles. The van der Waals surface area contributed by atoms with E-state index in [4.69, 9.17) is 5.73 Å². The maximum absolute atomic E-state index is 13.0. The number of aromatic nitrogens is 1. The molecule has 0 unspecified atom stereocenters. The summed E-state index contributed by atoms with van der Waals surface area (Å²) in [7, 11) is 1.88. The highest BCUT2D eigenvalue weighted by molar-refractivity contribution is 7.22. The molecular weight excluding hydrogens is 399 g/mol. The summed E-state index contributed by atoms with van der Waals surface area (Å²) in [6.45, 7) is 3.84. The van der Waals surface area contributed by atoms with Gasteiger partial charge in [-0.3, -0.25) is 4.79 Å². The molecule has 5 nitrogen and oxygen atoms in total. The van der Waals surface area contributed by atoms with E-state index in [0.29, 0.717) is 16.6 Å². The number of thiazole rings is 1. The van der Waals surface area contributed by atoms with Gasteiger partial charge >= 0.3 is 0 Å². The van der Waals surface area contributed by atoms with Gasteiger partial charge in [-0.25, -0.2) is 9.37 Å². The number of carbonyl (C=O) groups is 1. The van der Waals surface area contributed by atoms with E-state index < -0.39 is 0 Å². The fourth-order valence-electron chi connectivity index (χ4n) is 4.10. The van der Waals surface area contributed by atoms with E-state index >= 15 is 0 Å². The van der Waals surface area contributed by atoms with Crippen LogP contribution < -0.4 is 5.73 Å². The summed E-state index contributed by atoms with van der Waals surface area (Å²) in [5.74, 6) is 0.357. The molecule has 2 aromatic carbocycles. The monoisotopic (exact) mass is 426 g/mol. The largest absolute Gasteiger partial charge is 0.375 e. The number of benzene rings is 2. The maximum Gasteiger partial charge on any atom is 0.253 e. The standard InChI is InChI=1S/C23H27FN4OS/c1-27(22(29)18-4-7-21-20(14-18)26-23(25)30-21)15-17-9-12-28(13-10-17)11-8-16-2-5-19(24)6-3-16/h2-7,14,17H,8-13,15H2,1H3,(H2,25,26). The number of hydrogen-bond donors (Lipinski definition) is 1. The lowest BCUT2D eigenvalue weighted by molar-refractivity contribution is 0.0740. The first-order chi connectivity index (χ1) is 14.5. The smallest absolute Gasteiger partial charge is 0.253 e. The summed E-state index contributed by atoms with van der Waals surface area (Å²) in [5, 5.41) is 0.522. The van der Waals surface area contributed by atoms with Crippen LogP contribution in [0.4, 0.5) is 9.52 Å². The van der Waals surface area contributed by atoms with Crippen molar-refractivity contribution >= 4 is 32.6 Å². The van der Waals surface area contributed by atoms with Crippen molar-refractivity contribution in [3.05, 3.63) is 59.4 Å². The Kier molecular flexibility index (Phi) is 6.29. The Bertz CT molecular complexity index is 1010. The highest BCUT2D eigenvalue weighted by atomic mass is 32.1. The number of carbonyl (C=O) groups excluding carboxylic acids is 1. The first-order valence-corrected chi connectivity index (χ1v) is 11.2. The van der Waals surface area contributed by atoms with E-state index in [2.05, 4.69) is 9.88 Å².